The summed E-state index contributed by atoms with van der Waals surface area (Å²) in [4.78, 5) is 4.66. The highest BCUT2D eigenvalue weighted by Crippen LogP contribution is 2.32. The first-order chi connectivity index (χ1) is 12.1. The first kappa shape index (κ1) is 17.2. The van der Waals surface area contributed by atoms with Gasteiger partial charge < -0.3 is 25.2 Å². The Morgan fingerprint density at radius 1 is 1.24 bits per heavy atom. The van der Waals surface area contributed by atoms with Crippen molar-refractivity contribution in [3.05, 3.63) is 18.4 Å². The molecule has 0 spiro atoms. The number of imidazole rings is 1. The van der Waals surface area contributed by atoms with Crippen LogP contribution >= 0.6 is 0 Å². The minimum absolute atomic E-state index is 0.0335. The number of furan rings is 1. The molecule has 0 fully saturated rings. The second-order valence-electron chi connectivity index (χ2n) is 6.17. The summed E-state index contributed by atoms with van der Waals surface area (Å²) in [6.07, 6.45) is 4.56. The number of fused-ring (bicyclic) bond motifs is 1. The molecule has 0 saturated carbocycles. The van der Waals surface area contributed by atoms with Crippen LogP contribution in [0.5, 0.6) is 5.88 Å². The molecule has 0 amide bonds. The van der Waals surface area contributed by atoms with Crippen molar-refractivity contribution in [3.63, 3.8) is 0 Å². The molecule has 8 nitrogen and oxygen atoms in total. The lowest BCUT2D eigenvalue weighted by molar-refractivity contribution is 0.232. The Balaban J connectivity index is 2.11. The number of rotatable bonds is 8. The summed E-state index contributed by atoms with van der Waals surface area (Å²) in [7, 11) is 0. The van der Waals surface area contributed by atoms with Gasteiger partial charge in [0, 0.05) is 6.54 Å². The Morgan fingerprint density at radius 3 is 2.76 bits per heavy atom. The van der Waals surface area contributed by atoms with E-state index < -0.39 is 0 Å². The molecular formula is C17H24N6O2. The number of aryl methyl sites for hydroxylation is 1. The van der Waals surface area contributed by atoms with E-state index in [-0.39, 0.29) is 11.9 Å². The van der Waals surface area contributed by atoms with E-state index in [1.807, 2.05) is 30.5 Å². The second-order valence-corrected chi connectivity index (χ2v) is 6.17. The van der Waals surface area contributed by atoms with E-state index >= 15 is 0 Å². The molecule has 0 bridgehead atoms. The number of ether oxygens (including phenoxy) is 1. The van der Waals surface area contributed by atoms with Crippen molar-refractivity contribution in [2.24, 2.45) is 5.73 Å². The summed E-state index contributed by atoms with van der Waals surface area (Å²) in [5.74, 6) is 2.08. The fraction of sp³-hybridized carbons (Fsp3) is 0.471. The van der Waals surface area contributed by atoms with Gasteiger partial charge in [0.25, 0.3) is 5.88 Å². The molecule has 0 aliphatic rings. The Bertz CT molecular complexity index is 825. The molecule has 0 aliphatic heterocycles. The number of anilines is 1. The van der Waals surface area contributed by atoms with Crippen LogP contribution in [-0.4, -0.2) is 32.4 Å². The quantitative estimate of drug-likeness (QED) is 0.603. The Labute approximate surface area is 146 Å². The highest BCUT2D eigenvalue weighted by molar-refractivity contribution is 5.90. The largest absolute Gasteiger partial charge is 0.472 e. The van der Waals surface area contributed by atoms with Gasteiger partial charge in [-0.1, -0.05) is 6.42 Å². The number of unbranched alkanes of at least 4 members (excludes halogenated alkanes) is 2. The SMILES string of the molecule is CC(C)Oc1nnc(N)c2nc(-c3ccco3)n(CCCCCN)c12. The molecule has 8 heteroatoms. The van der Waals surface area contributed by atoms with Gasteiger partial charge in [-0.2, -0.15) is 0 Å². The predicted molar refractivity (Wildman–Crippen MR) is 96.1 cm³/mol. The molecule has 134 valence electrons. The molecule has 0 saturated heterocycles. The summed E-state index contributed by atoms with van der Waals surface area (Å²) in [6, 6.07) is 3.70. The van der Waals surface area contributed by atoms with E-state index in [4.69, 9.17) is 20.6 Å². The summed E-state index contributed by atoms with van der Waals surface area (Å²) >= 11 is 0. The molecule has 3 aromatic rings. The van der Waals surface area contributed by atoms with Gasteiger partial charge in [-0.25, -0.2) is 4.98 Å². The summed E-state index contributed by atoms with van der Waals surface area (Å²) < 4.78 is 13.4. The molecule has 3 aromatic heterocycles. The zero-order valence-electron chi connectivity index (χ0n) is 14.6. The van der Waals surface area contributed by atoms with Crippen LogP contribution in [-0.2, 0) is 6.54 Å². The molecule has 0 aliphatic carbocycles. The van der Waals surface area contributed by atoms with Crippen molar-refractivity contribution in [1.29, 1.82) is 0 Å². The standard InChI is InChI=1S/C17H24N6O2/c1-11(2)25-17-14-13(15(19)21-22-17)20-16(12-7-6-10-24-12)23(14)9-5-3-4-8-18/h6-7,10-11H,3-5,8-9,18H2,1-2H3,(H2,19,21). The summed E-state index contributed by atoms with van der Waals surface area (Å²) in [5, 5.41) is 8.12. The molecule has 0 aromatic carbocycles. The third-order valence-corrected chi connectivity index (χ3v) is 3.84. The Hall–Kier alpha value is -2.61. The van der Waals surface area contributed by atoms with Gasteiger partial charge in [0.15, 0.2) is 17.4 Å². The van der Waals surface area contributed by atoms with E-state index in [0.29, 0.717) is 29.5 Å². The Kier molecular flexibility index (Phi) is 5.18. The third kappa shape index (κ3) is 3.58. The topological polar surface area (TPSA) is 118 Å². The first-order valence-electron chi connectivity index (χ1n) is 8.54. The van der Waals surface area contributed by atoms with Gasteiger partial charge in [0.05, 0.1) is 12.4 Å². The lowest BCUT2D eigenvalue weighted by atomic mass is 10.2. The van der Waals surface area contributed by atoms with Crippen molar-refractivity contribution in [2.45, 2.75) is 45.8 Å². The van der Waals surface area contributed by atoms with E-state index in [0.717, 1.165) is 31.3 Å². The average molecular weight is 344 g/mol. The molecule has 3 rings (SSSR count). The third-order valence-electron chi connectivity index (χ3n) is 3.84. The van der Waals surface area contributed by atoms with Gasteiger partial charge in [0.2, 0.25) is 0 Å². The summed E-state index contributed by atoms with van der Waals surface area (Å²) in [6.45, 7) is 5.32. The van der Waals surface area contributed by atoms with Crippen LogP contribution < -0.4 is 16.2 Å². The normalized spacial score (nSPS) is 11.5. The second kappa shape index (κ2) is 7.52. The van der Waals surface area contributed by atoms with Crippen molar-refractivity contribution >= 4 is 16.9 Å². The average Bonchev–Trinajstić information content (AvgIpc) is 3.22. The van der Waals surface area contributed by atoms with Crippen LogP contribution in [0.4, 0.5) is 5.82 Å². The van der Waals surface area contributed by atoms with Gasteiger partial charge in [0.1, 0.15) is 11.0 Å². The molecule has 3 heterocycles. The number of aromatic nitrogens is 4. The number of hydrogen-bond donors (Lipinski definition) is 2. The highest BCUT2D eigenvalue weighted by Gasteiger charge is 2.22. The van der Waals surface area contributed by atoms with Crippen molar-refractivity contribution in [2.75, 3.05) is 12.3 Å². The highest BCUT2D eigenvalue weighted by atomic mass is 16.5. The Morgan fingerprint density at radius 2 is 2.08 bits per heavy atom. The van der Waals surface area contributed by atoms with Crippen molar-refractivity contribution < 1.29 is 9.15 Å². The molecule has 0 atom stereocenters. The van der Waals surface area contributed by atoms with Crippen molar-refractivity contribution in [1.82, 2.24) is 19.7 Å². The first-order valence-corrected chi connectivity index (χ1v) is 8.54. The van der Waals surface area contributed by atoms with Crippen molar-refractivity contribution in [3.8, 4) is 17.5 Å². The lowest BCUT2D eigenvalue weighted by Gasteiger charge is -2.12. The monoisotopic (exact) mass is 344 g/mol. The van der Waals surface area contributed by atoms with Crippen LogP contribution in [0.1, 0.15) is 33.1 Å². The van der Waals surface area contributed by atoms with Crippen LogP contribution in [0.25, 0.3) is 22.6 Å². The van der Waals surface area contributed by atoms with Gasteiger partial charge >= 0.3 is 0 Å². The van der Waals surface area contributed by atoms with Crippen LogP contribution in [0.2, 0.25) is 0 Å². The van der Waals surface area contributed by atoms with Gasteiger partial charge in [-0.05, 0) is 45.4 Å². The minimum atomic E-state index is -0.0335. The predicted octanol–water partition coefficient (Wildman–Crippen LogP) is 2.58. The van der Waals surface area contributed by atoms with Crippen LogP contribution in [0.3, 0.4) is 0 Å². The lowest BCUT2D eigenvalue weighted by Crippen LogP contribution is -2.11. The van der Waals surface area contributed by atoms with Gasteiger partial charge in [-0.3, -0.25) is 0 Å². The molecule has 0 unspecified atom stereocenters. The fourth-order valence-electron chi connectivity index (χ4n) is 2.75. The smallest absolute Gasteiger partial charge is 0.260 e. The van der Waals surface area contributed by atoms with Crippen LogP contribution in [0.15, 0.2) is 22.8 Å². The van der Waals surface area contributed by atoms with E-state index in [1.54, 1.807) is 6.26 Å². The molecular weight excluding hydrogens is 320 g/mol. The fourth-order valence-corrected chi connectivity index (χ4v) is 2.75. The summed E-state index contributed by atoms with van der Waals surface area (Å²) in [5.41, 5.74) is 12.9. The maximum atomic E-state index is 6.02. The zero-order valence-corrected chi connectivity index (χ0v) is 14.6. The van der Waals surface area contributed by atoms with E-state index in [1.165, 1.54) is 0 Å². The maximum Gasteiger partial charge on any atom is 0.260 e. The minimum Gasteiger partial charge on any atom is -0.472 e. The van der Waals surface area contributed by atoms with E-state index in [2.05, 4.69) is 15.2 Å². The number of nitrogen functional groups attached to an aromatic ring is 1. The molecule has 0 radical (unpaired) electrons. The molecule has 25 heavy (non-hydrogen) atoms. The maximum absolute atomic E-state index is 6.02. The zero-order chi connectivity index (χ0) is 17.8. The number of nitrogens with two attached hydrogens (primary N) is 2. The van der Waals surface area contributed by atoms with E-state index in [9.17, 15) is 0 Å². The van der Waals surface area contributed by atoms with Gasteiger partial charge in [-0.15, -0.1) is 10.2 Å². The molecule has 4 N–H and O–H groups in total. The number of hydrogen-bond acceptors (Lipinski definition) is 7. The number of nitrogens with zero attached hydrogens (tertiary/aromatic N) is 4. The van der Waals surface area contributed by atoms with Crippen LogP contribution in [0, 0.1) is 0 Å².